The Morgan fingerprint density at radius 1 is 1.25 bits per heavy atom. The Bertz CT molecular complexity index is 462. The second-order valence-corrected chi connectivity index (χ2v) is 5.87. The molecular formula is C19H28O. The lowest BCUT2D eigenvalue weighted by Gasteiger charge is -2.27. The van der Waals surface area contributed by atoms with Crippen molar-refractivity contribution in [3.05, 3.63) is 35.4 Å². The van der Waals surface area contributed by atoms with Crippen LogP contribution in [0.5, 0.6) is 0 Å². The van der Waals surface area contributed by atoms with Crippen LogP contribution in [0.2, 0.25) is 0 Å². The minimum atomic E-state index is -0.886. The molecule has 0 aliphatic heterocycles. The zero-order chi connectivity index (χ0) is 15.0. The van der Waals surface area contributed by atoms with Crippen LogP contribution >= 0.6 is 0 Å². The van der Waals surface area contributed by atoms with E-state index in [2.05, 4.69) is 18.8 Å². The number of unbranched alkanes of at least 4 members (excludes halogenated alkanes) is 4. The number of hydrogen-bond donors (Lipinski definition) is 1. The maximum absolute atomic E-state index is 10.7. The smallest absolute Gasteiger partial charge is 0.100 e. The van der Waals surface area contributed by atoms with E-state index in [9.17, 15) is 5.11 Å². The number of rotatable bonds is 6. The summed E-state index contributed by atoms with van der Waals surface area (Å²) in [6.07, 6.45) is 5.91. The van der Waals surface area contributed by atoms with Gasteiger partial charge in [0.1, 0.15) is 5.60 Å². The zero-order valence-electron chi connectivity index (χ0n) is 13.4. The highest BCUT2D eigenvalue weighted by molar-refractivity contribution is 5.29. The van der Waals surface area contributed by atoms with Crippen molar-refractivity contribution in [1.29, 1.82) is 0 Å². The van der Waals surface area contributed by atoms with Crippen LogP contribution in [0.1, 0.15) is 64.0 Å². The maximum Gasteiger partial charge on any atom is 0.100 e. The molecule has 1 rings (SSSR count). The first kappa shape index (κ1) is 16.8. The van der Waals surface area contributed by atoms with Crippen molar-refractivity contribution in [2.75, 3.05) is 0 Å². The monoisotopic (exact) mass is 272 g/mol. The van der Waals surface area contributed by atoms with Gasteiger partial charge in [0.2, 0.25) is 0 Å². The van der Waals surface area contributed by atoms with Gasteiger partial charge in [0.15, 0.2) is 0 Å². The lowest BCUT2D eigenvalue weighted by molar-refractivity contribution is 0.0239. The zero-order valence-corrected chi connectivity index (χ0v) is 13.4. The molecule has 0 aromatic heterocycles. The Kier molecular flexibility index (Phi) is 6.82. The fourth-order valence-electron chi connectivity index (χ4n) is 2.22. The molecule has 20 heavy (non-hydrogen) atoms. The summed E-state index contributed by atoms with van der Waals surface area (Å²) in [6, 6.07) is 8.06. The molecule has 0 aliphatic rings. The van der Waals surface area contributed by atoms with E-state index in [0.29, 0.717) is 0 Å². The molecule has 110 valence electrons. The second kappa shape index (κ2) is 8.12. The quantitative estimate of drug-likeness (QED) is 0.582. The standard InChI is InChI=1S/C19H28O/c1-5-6-7-8-9-10-13-17(3)19(4,20)18-14-11-12-16(2)15-18/h11-12,14-15,17,20H,5-9H2,1-4H3. The van der Waals surface area contributed by atoms with E-state index in [4.69, 9.17) is 0 Å². The van der Waals surface area contributed by atoms with Crippen molar-refractivity contribution in [3.8, 4) is 11.8 Å². The van der Waals surface area contributed by atoms with E-state index in [0.717, 1.165) is 12.0 Å². The molecule has 0 radical (unpaired) electrons. The largest absolute Gasteiger partial charge is 0.384 e. The number of hydrogen-bond acceptors (Lipinski definition) is 1. The molecular weight excluding hydrogens is 244 g/mol. The number of aryl methyl sites for hydroxylation is 1. The summed E-state index contributed by atoms with van der Waals surface area (Å²) in [6.45, 7) is 8.12. The highest BCUT2D eigenvalue weighted by Crippen LogP contribution is 2.29. The van der Waals surface area contributed by atoms with Crippen LogP contribution in [0.15, 0.2) is 24.3 Å². The molecule has 0 spiro atoms. The molecule has 0 fully saturated rings. The Balaban J connectivity index is 2.61. The third-order valence-electron chi connectivity index (χ3n) is 3.92. The highest BCUT2D eigenvalue weighted by Gasteiger charge is 2.29. The van der Waals surface area contributed by atoms with Gasteiger partial charge in [-0.1, -0.05) is 61.9 Å². The third kappa shape index (κ3) is 5.02. The van der Waals surface area contributed by atoms with Crippen molar-refractivity contribution in [2.24, 2.45) is 5.92 Å². The molecule has 0 saturated heterocycles. The van der Waals surface area contributed by atoms with Gasteiger partial charge in [0, 0.05) is 6.42 Å². The molecule has 0 amide bonds. The maximum atomic E-state index is 10.7. The van der Waals surface area contributed by atoms with Gasteiger partial charge < -0.3 is 5.11 Å². The Morgan fingerprint density at radius 3 is 2.65 bits per heavy atom. The van der Waals surface area contributed by atoms with Crippen LogP contribution in [-0.2, 0) is 5.60 Å². The first-order valence-electron chi connectivity index (χ1n) is 7.76. The fourth-order valence-corrected chi connectivity index (χ4v) is 2.22. The van der Waals surface area contributed by atoms with Crippen molar-refractivity contribution in [3.63, 3.8) is 0 Å². The predicted molar refractivity (Wildman–Crippen MR) is 86.4 cm³/mol. The van der Waals surface area contributed by atoms with Gasteiger partial charge in [0.25, 0.3) is 0 Å². The molecule has 1 N–H and O–H groups in total. The molecule has 2 unspecified atom stereocenters. The Labute approximate surface area is 124 Å². The minimum Gasteiger partial charge on any atom is -0.384 e. The van der Waals surface area contributed by atoms with E-state index in [-0.39, 0.29) is 5.92 Å². The van der Waals surface area contributed by atoms with Crippen LogP contribution in [0.25, 0.3) is 0 Å². The van der Waals surface area contributed by atoms with Crippen molar-refractivity contribution >= 4 is 0 Å². The van der Waals surface area contributed by atoms with Crippen LogP contribution in [0.4, 0.5) is 0 Å². The van der Waals surface area contributed by atoms with Gasteiger partial charge in [-0.2, -0.15) is 0 Å². The molecule has 2 atom stereocenters. The summed E-state index contributed by atoms with van der Waals surface area (Å²) >= 11 is 0. The molecule has 1 aromatic rings. The van der Waals surface area contributed by atoms with Crippen LogP contribution in [0.3, 0.4) is 0 Å². The molecule has 1 nitrogen and oxygen atoms in total. The number of aliphatic hydroxyl groups is 1. The van der Waals surface area contributed by atoms with Crippen molar-refractivity contribution < 1.29 is 5.11 Å². The average Bonchev–Trinajstić information content (AvgIpc) is 2.42. The first-order chi connectivity index (χ1) is 9.48. The lowest BCUT2D eigenvalue weighted by atomic mass is 9.84. The lowest BCUT2D eigenvalue weighted by Crippen LogP contribution is -2.29. The van der Waals surface area contributed by atoms with E-state index in [1.807, 2.05) is 45.0 Å². The van der Waals surface area contributed by atoms with Gasteiger partial charge in [-0.15, -0.1) is 5.92 Å². The molecule has 0 bridgehead atoms. The topological polar surface area (TPSA) is 20.2 Å². The highest BCUT2D eigenvalue weighted by atomic mass is 16.3. The van der Waals surface area contributed by atoms with Crippen LogP contribution in [0, 0.1) is 24.7 Å². The van der Waals surface area contributed by atoms with Gasteiger partial charge in [-0.25, -0.2) is 0 Å². The summed E-state index contributed by atoms with van der Waals surface area (Å²) < 4.78 is 0. The summed E-state index contributed by atoms with van der Waals surface area (Å²) in [5, 5.41) is 10.7. The molecule has 0 aliphatic carbocycles. The Morgan fingerprint density at radius 2 is 2.00 bits per heavy atom. The minimum absolute atomic E-state index is 0.0597. The summed E-state index contributed by atoms with van der Waals surface area (Å²) in [5.41, 5.74) is 1.23. The SMILES string of the molecule is CCCCCCC#CC(C)C(C)(O)c1cccc(C)c1. The molecule has 0 heterocycles. The van der Waals surface area contributed by atoms with Crippen LogP contribution < -0.4 is 0 Å². The summed E-state index contributed by atoms with van der Waals surface area (Å²) in [5.74, 6) is 6.38. The number of benzene rings is 1. The van der Waals surface area contributed by atoms with Gasteiger partial charge in [-0.3, -0.25) is 0 Å². The Hall–Kier alpha value is -1.26. The first-order valence-corrected chi connectivity index (χ1v) is 7.76. The van der Waals surface area contributed by atoms with Gasteiger partial charge in [-0.05, 0) is 32.8 Å². The van der Waals surface area contributed by atoms with Crippen LogP contribution in [-0.4, -0.2) is 5.11 Å². The normalized spacial score (nSPS) is 15.1. The third-order valence-corrected chi connectivity index (χ3v) is 3.92. The molecule has 1 heteroatoms. The van der Waals surface area contributed by atoms with Gasteiger partial charge in [0.05, 0.1) is 5.92 Å². The van der Waals surface area contributed by atoms with E-state index >= 15 is 0 Å². The predicted octanol–water partition coefficient (Wildman–Crippen LogP) is 4.81. The van der Waals surface area contributed by atoms with E-state index in [1.165, 1.54) is 31.2 Å². The average molecular weight is 272 g/mol. The summed E-state index contributed by atoms with van der Waals surface area (Å²) in [4.78, 5) is 0. The van der Waals surface area contributed by atoms with E-state index < -0.39 is 5.60 Å². The summed E-state index contributed by atoms with van der Waals surface area (Å²) in [7, 11) is 0. The van der Waals surface area contributed by atoms with Crippen molar-refractivity contribution in [1.82, 2.24) is 0 Å². The van der Waals surface area contributed by atoms with Crippen molar-refractivity contribution in [2.45, 2.75) is 65.4 Å². The second-order valence-electron chi connectivity index (χ2n) is 5.87. The molecule has 0 saturated carbocycles. The fraction of sp³-hybridized carbons (Fsp3) is 0.579. The molecule has 1 aromatic carbocycles. The van der Waals surface area contributed by atoms with Gasteiger partial charge >= 0.3 is 0 Å². The van der Waals surface area contributed by atoms with E-state index in [1.54, 1.807) is 0 Å².